The predicted molar refractivity (Wildman–Crippen MR) is 366 cm³/mol. The molecule has 0 radical (unpaired) electrons. The number of amides is 1. The zero-order valence-corrected chi connectivity index (χ0v) is 56.5. The summed E-state index contributed by atoms with van der Waals surface area (Å²) in [6.45, 7) is 4.53. The number of phosphoric acid groups is 1. The molecule has 0 aliphatic carbocycles. The highest BCUT2D eigenvalue weighted by Gasteiger charge is 2.23. The van der Waals surface area contributed by atoms with Gasteiger partial charge in [-0.25, -0.2) is 0 Å². The van der Waals surface area contributed by atoms with E-state index in [0.29, 0.717) is 17.4 Å². The minimum absolute atomic E-state index is 0.0117. The number of unbranched alkanes of at least 4 members (excludes halogenated alkanes) is 35. The number of carbonyl (C=O) groups excluding carboxylic acids is 1. The van der Waals surface area contributed by atoms with Crippen LogP contribution < -0.4 is 10.2 Å². The van der Waals surface area contributed by atoms with Gasteiger partial charge in [0.15, 0.2) is 0 Å². The molecule has 0 heterocycles. The zero-order chi connectivity index (χ0) is 61.2. The number of rotatable bonds is 64. The molecule has 0 fully saturated rings. The van der Waals surface area contributed by atoms with Gasteiger partial charge < -0.3 is 28.8 Å². The number of aliphatic hydroxyl groups is 1. The summed E-state index contributed by atoms with van der Waals surface area (Å²) in [5, 5.41) is 13.9. The largest absolute Gasteiger partial charge is 0.756 e. The Labute approximate surface area is 521 Å². The summed E-state index contributed by atoms with van der Waals surface area (Å²) < 4.78 is 23.4. The van der Waals surface area contributed by atoms with Crippen LogP contribution in [0.3, 0.4) is 0 Å². The number of nitrogens with one attached hydrogen (secondary N) is 1. The molecule has 0 aromatic heterocycles. The Hall–Kier alpha value is -2.84. The van der Waals surface area contributed by atoms with Gasteiger partial charge in [0.05, 0.1) is 39.9 Å². The molecular formula is C75H135N2O6P. The lowest BCUT2D eigenvalue weighted by atomic mass is 10.0. The van der Waals surface area contributed by atoms with Crippen molar-refractivity contribution in [2.75, 3.05) is 40.9 Å². The van der Waals surface area contributed by atoms with Crippen molar-refractivity contribution in [1.82, 2.24) is 5.32 Å². The number of allylic oxidation sites excluding steroid dienone is 17. The molecule has 0 aliphatic heterocycles. The SMILES string of the molecule is CC/C=C\C/C=C\C/C=C\C/C=C\C/C=C\C/C=C\CCCCCCCCCCCCCCCCCCCCC(=O)NC(COP(=O)([O-])OCC[N+](C)(C)C)C(O)/C=C/CC/C=C/CC/C=C/CCCCCCCCCCCCCCCCC. The fourth-order valence-electron chi connectivity index (χ4n) is 10.0. The first-order valence-corrected chi connectivity index (χ1v) is 36.7. The Morgan fingerprint density at radius 3 is 1.11 bits per heavy atom. The molecule has 3 unspecified atom stereocenters. The monoisotopic (exact) mass is 1190 g/mol. The van der Waals surface area contributed by atoms with Crippen LogP contribution in [0.2, 0.25) is 0 Å². The molecule has 1 amide bonds. The van der Waals surface area contributed by atoms with Gasteiger partial charge in [-0.15, -0.1) is 0 Å². The molecule has 0 spiro atoms. The van der Waals surface area contributed by atoms with E-state index in [2.05, 4.69) is 116 Å². The van der Waals surface area contributed by atoms with Gasteiger partial charge in [0.1, 0.15) is 13.2 Å². The van der Waals surface area contributed by atoms with E-state index in [4.69, 9.17) is 9.05 Å². The number of carbonyl (C=O) groups is 1. The predicted octanol–water partition coefficient (Wildman–Crippen LogP) is 22.0. The number of hydrogen-bond acceptors (Lipinski definition) is 6. The topological polar surface area (TPSA) is 108 Å². The second-order valence-corrected chi connectivity index (χ2v) is 26.2. The maximum atomic E-state index is 13.0. The van der Waals surface area contributed by atoms with Crippen molar-refractivity contribution in [3.8, 4) is 0 Å². The summed E-state index contributed by atoms with van der Waals surface area (Å²) in [6, 6.07) is -0.916. The van der Waals surface area contributed by atoms with Crippen LogP contribution in [0.5, 0.6) is 0 Å². The summed E-state index contributed by atoms with van der Waals surface area (Å²) in [6.07, 6.45) is 95.0. The van der Waals surface area contributed by atoms with E-state index in [1.165, 1.54) is 205 Å². The van der Waals surface area contributed by atoms with Crippen molar-refractivity contribution in [2.45, 2.75) is 321 Å². The first kappa shape index (κ1) is 81.2. The number of phosphoric ester groups is 1. The lowest BCUT2D eigenvalue weighted by Crippen LogP contribution is -2.45. The van der Waals surface area contributed by atoms with Gasteiger partial charge in [0.2, 0.25) is 5.91 Å². The zero-order valence-electron chi connectivity index (χ0n) is 55.6. The van der Waals surface area contributed by atoms with Gasteiger partial charge in [-0.3, -0.25) is 9.36 Å². The average molecular weight is 1190 g/mol. The fraction of sp³-hybridized carbons (Fsp3) is 0.747. The summed E-state index contributed by atoms with van der Waals surface area (Å²) in [5.74, 6) is -0.210. The molecule has 0 aliphatic rings. The molecule has 84 heavy (non-hydrogen) atoms. The Morgan fingerprint density at radius 2 is 0.738 bits per heavy atom. The number of quaternary nitrogens is 1. The minimum Gasteiger partial charge on any atom is -0.756 e. The van der Waals surface area contributed by atoms with Crippen molar-refractivity contribution in [3.05, 3.63) is 109 Å². The summed E-state index contributed by atoms with van der Waals surface area (Å²) in [5.41, 5.74) is 0. The highest BCUT2D eigenvalue weighted by atomic mass is 31.2. The number of hydrogen-bond donors (Lipinski definition) is 2. The summed E-state index contributed by atoms with van der Waals surface area (Å²) >= 11 is 0. The molecule has 3 atom stereocenters. The standard InChI is InChI=1S/C75H135N2O6P/c1-6-8-10-12-14-16-18-20-22-24-26-28-30-32-33-34-35-36-37-38-39-40-41-42-43-45-47-49-51-53-55-57-59-61-63-65-67-69-75(79)76-73(72-83-84(80,81)82-71-70-77(3,4)5)74(78)68-66-64-62-60-58-56-54-52-50-48-46-44-31-29-27-25-23-21-19-17-15-13-11-9-7-2/h8,10,14,16,20,22,26,28,32-33,35-36,50,52,58,60,66,68,73-74,78H,6-7,9,11-13,15,17-19,21,23-25,27,29-31,34,37-49,51,53-57,59,61-65,67,69-72H2,1-5H3,(H-,76,79,80,81)/b10-8-,16-14-,22-20-,28-26-,33-32-,36-35-,52-50+,60-58+,68-66+. The average Bonchev–Trinajstić information content (AvgIpc) is 3.56. The Morgan fingerprint density at radius 1 is 0.429 bits per heavy atom. The molecule has 0 saturated carbocycles. The first-order chi connectivity index (χ1) is 41.0. The van der Waals surface area contributed by atoms with Crippen LogP contribution in [0.15, 0.2) is 109 Å². The van der Waals surface area contributed by atoms with E-state index in [1.807, 2.05) is 27.2 Å². The fourth-order valence-corrected chi connectivity index (χ4v) is 10.7. The molecule has 9 heteroatoms. The van der Waals surface area contributed by atoms with E-state index < -0.39 is 26.6 Å². The van der Waals surface area contributed by atoms with Crippen LogP contribution >= 0.6 is 7.82 Å². The Kier molecular flexibility index (Phi) is 62.4. The molecule has 0 aromatic rings. The van der Waals surface area contributed by atoms with Gasteiger partial charge in [0, 0.05) is 6.42 Å². The summed E-state index contributed by atoms with van der Waals surface area (Å²) in [7, 11) is 1.24. The molecule has 486 valence electrons. The van der Waals surface area contributed by atoms with Crippen LogP contribution in [0.4, 0.5) is 0 Å². The minimum atomic E-state index is -4.62. The maximum Gasteiger partial charge on any atom is 0.268 e. The first-order valence-electron chi connectivity index (χ1n) is 35.2. The Bertz CT molecular complexity index is 1740. The molecular weight excluding hydrogens is 1060 g/mol. The van der Waals surface area contributed by atoms with E-state index >= 15 is 0 Å². The van der Waals surface area contributed by atoms with E-state index in [-0.39, 0.29) is 12.5 Å². The van der Waals surface area contributed by atoms with Gasteiger partial charge >= 0.3 is 0 Å². The van der Waals surface area contributed by atoms with Crippen LogP contribution in [0.1, 0.15) is 309 Å². The van der Waals surface area contributed by atoms with E-state index in [0.717, 1.165) is 83.5 Å². The van der Waals surface area contributed by atoms with Gasteiger partial charge in [-0.05, 0) is 96.3 Å². The molecule has 0 aromatic carbocycles. The highest BCUT2D eigenvalue weighted by molar-refractivity contribution is 7.45. The van der Waals surface area contributed by atoms with Crippen molar-refractivity contribution < 1.29 is 32.9 Å². The van der Waals surface area contributed by atoms with Crippen molar-refractivity contribution in [2.24, 2.45) is 0 Å². The van der Waals surface area contributed by atoms with Gasteiger partial charge in [0.25, 0.3) is 7.82 Å². The normalized spacial score (nSPS) is 14.3. The number of likely N-dealkylation sites (N-methyl/N-ethyl adjacent to an activating group) is 1. The van der Waals surface area contributed by atoms with Crippen molar-refractivity contribution in [3.63, 3.8) is 0 Å². The third-order valence-corrected chi connectivity index (χ3v) is 16.4. The quantitative estimate of drug-likeness (QED) is 0.0272. The van der Waals surface area contributed by atoms with Crippen molar-refractivity contribution in [1.29, 1.82) is 0 Å². The van der Waals surface area contributed by atoms with Gasteiger partial charge in [-0.1, -0.05) is 316 Å². The van der Waals surface area contributed by atoms with Gasteiger partial charge in [-0.2, -0.15) is 0 Å². The molecule has 0 rings (SSSR count). The summed E-state index contributed by atoms with van der Waals surface area (Å²) in [4.78, 5) is 25.6. The van der Waals surface area contributed by atoms with Crippen molar-refractivity contribution >= 4 is 13.7 Å². The molecule has 2 N–H and O–H groups in total. The Balaban J connectivity index is 4.09. The maximum absolute atomic E-state index is 13.0. The van der Waals surface area contributed by atoms with Crippen LogP contribution in [-0.2, 0) is 18.4 Å². The molecule has 0 saturated heterocycles. The van der Waals surface area contributed by atoms with Crippen LogP contribution in [0, 0.1) is 0 Å². The molecule has 0 bridgehead atoms. The second-order valence-electron chi connectivity index (χ2n) is 24.8. The van der Waals surface area contributed by atoms with E-state index in [1.54, 1.807) is 6.08 Å². The van der Waals surface area contributed by atoms with E-state index in [9.17, 15) is 19.4 Å². The highest BCUT2D eigenvalue weighted by Crippen LogP contribution is 2.38. The van der Waals surface area contributed by atoms with Crippen LogP contribution in [-0.4, -0.2) is 68.5 Å². The second kappa shape index (κ2) is 64.6. The molecule has 8 nitrogen and oxygen atoms in total. The lowest BCUT2D eigenvalue weighted by molar-refractivity contribution is -0.870. The van der Waals surface area contributed by atoms with Crippen LogP contribution in [0.25, 0.3) is 0 Å². The lowest BCUT2D eigenvalue weighted by Gasteiger charge is -2.29. The third-order valence-electron chi connectivity index (χ3n) is 15.4. The number of aliphatic hydroxyl groups excluding tert-OH is 1. The number of nitrogens with zero attached hydrogens (tertiary/aromatic N) is 1. The smallest absolute Gasteiger partial charge is 0.268 e. The third kappa shape index (κ3) is 66.7.